The summed E-state index contributed by atoms with van der Waals surface area (Å²) in [5.41, 5.74) is 1.48. The van der Waals surface area contributed by atoms with Gasteiger partial charge < -0.3 is 4.74 Å². The molecule has 0 spiro atoms. The van der Waals surface area contributed by atoms with E-state index in [4.69, 9.17) is 16.3 Å². The monoisotopic (exact) mass is 437 g/mol. The number of benzene rings is 3. The van der Waals surface area contributed by atoms with Gasteiger partial charge in [0.05, 0.1) is 5.75 Å². The first-order valence-electron chi connectivity index (χ1n) is 8.69. The van der Waals surface area contributed by atoms with Crippen LogP contribution in [0.2, 0.25) is 5.02 Å². The highest BCUT2D eigenvalue weighted by Crippen LogP contribution is 2.21. The lowest BCUT2D eigenvalue weighted by molar-refractivity contribution is 0.306. The van der Waals surface area contributed by atoms with E-state index in [9.17, 15) is 17.2 Å². The highest BCUT2D eigenvalue weighted by molar-refractivity contribution is 7.88. The van der Waals surface area contributed by atoms with Gasteiger partial charge in [0.1, 0.15) is 24.0 Å². The maximum atomic E-state index is 13.8. The van der Waals surface area contributed by atoms with Gasteiger partial charge in [0.15, 0.2) is 0 Å². The van der Waals surface area contributed by atoms with Crippen LogP contribution >= 0.6 is 11.6 Å². The molecule has 0 aliphatic carbocycles. The van der Waals surface area contributed by atoms with Crippen LogP contribution in [0.5, 0.6) is 5.75 Å². The molecule has 4 nitrogen and oxygen atoms in total. The van der Waals surface area contributed by atoms with Crippen molar-refractivity contribution in [3.05, 3.63) is 100 Å². The fourth-order valence-electron chi connectivity index (χ4n) is 2.56. The first-order valence-corrected chi connectivity index (χ1v) is 10.7. The van der Waals surface area contributed by atoms with Crippen molar-refractivity contribution < 1.29 is 21.9 Å². The van der Waals surface area contributed by atoms with Crippen molar-refractivity contribution in [2.75, 3.05) is 0 Å². The summed E-state index contributed by atoms with van der Waals surface area (Å²) in [7, 11) is -3.77. The van der Waals surface area contributed by atoms with E-state index in [-0.39, 0.29) is 29.6 Å². The molecule has 152 valence electrons. The molecule has 0 radical (unpaired) electrons. The van der Waals surface area contributed by atoms with E-state index in [0.29, 0.717) is 11.3 Å². The van der Waals surface area contributed by atoms with E-state index in [2.05, 4.69) is 4.72 Å². The van der Waals surface area contributed by atoms with Gasteiger partial charge in [-0.1, -0.05) is 41.9 Å². The molecule has 0 fully saturated rings. The predicted molar refractivity (Wildman–Crippen MR) is 108 cm³/mol. The maximum absolute atomic E-state index is 13.8. The van der Waals surface area contributed by atoms with Crippen molar-refractivity contribution in [1.82, 2.24) is 4.72 Å². The minimum absolute atomic E-state index is 0.0483. The summed E-state index contributed by atoms with van der Waals surface area (Å²) >= 11 is 5.89. The van der Waals surface area contributed by atoms with Crippen molar-refractivity contribution >= 4 is 21.6 Å². The fourth-order valence-corrected chi connectivity index (χ4v) is 4.03. The van der Waals surface area contributed by atoms with E-state index >= 15 is 0 Å². The summed E-state index contributed by atoms with van der Waals surface area (Å²) in [6, 6.07) is 16.9. The van der Waals surface area contributed by atoms with Crippen LogP contribution in [0.3, 0.4) is 0 Å². The van der Waals surface area contributed by atoms with Crippen LogP contribution in [-0.4, -0.2) is 8.42 Å². The average Bonchev–Trinajstić information content (AvgIpc) is 2.70. The van der Waals surface area contributed by atoms with Gasteiger partial charge in [-0.3, -0.25) is 0 Å². The second kappa shape index (κ2) is 9.35. The zero-order chi connectivity index (χ0) is 20.9. The highest BCUT2D eigenvalue weighted by atomic mass is 35.5. The van der Waals surface area contributed by atoms with Gasteiger partial charge in [-0.2, -0.15) is 0 Å². The number of nitrogens with one attached hydrogen (secondary N) is 1. The number of halogens is 3. The zero-order valence-electron chi connectivity index (χ0n) is 15.2. The Kier molecular flexibility index (Phi) is 6.84. The summed E-state index contributed by atoms with van der Waals surface area (Å²) in [5.74, 6) is -0.917. The minimum Gasteiger partial charge on any atom is -0.489 e. The summed E-state index contributed by atoms with van der Waals surface area (Å²) in [6.45, 7) is 0.336. The lowest BCUT2D eigenvalue weighted by Crippen LogP contribution is -2.25. The number of hydrogen-bond donors (Lipinski definition) is 1. The highest BCUT2D eigenvalue weighted by Gasteiger charge is 2.17. The van der Waals surface area contributed by atoms with E-state index < -0.39 is 21.6 Å². The van der Waals surface area contributed by atoms with Gasteiger partial charge >= 0.3 is 0 Å². The van der Waals surface area contributed by atoms with Gasteiger partial charge in [-0.25, -0.2) is 21.9 Å². The molecule has 0 amide bonds. The second-order valence-electron chi connectivity index (χ2n) is 6.34. The molecular weight excluding hydrogens is 420 g/mol. The quantitative estimate of drug-likeness (QED) is 0.550. The van der Waals surface area contributed by atoms with Crippen LogP contribution in [0.1, 0.15) is 16.7 Å². The lowest BCUT2D eigenvalue weighted by atomic mass is 10.2. The molecule has 3 aromatic carbocycles. The number of ether oxygens (including phenoxy) is 1. The molecule has 0 aliphatic heterocycles. The van der Waals surface area contributed by atoms with E-state index in [0.717, 1.165) is 5.56 Å². The van der Waals surface area contributed by atoms with Gasteiger partial charge in [0.25, 0.3) is 0 Å². The van der Waals surface area contributed by atoms with Crippen LogP contribution in [0.15, 0.2) is 66.7 Å². The molecule has 0 atom stereocenters. The molecule has 0 aliphatic rings. The Labute approximate surface area is 173 Å². The summed E-state index contributed by atoms with van der Waals surface area (Å²) in [5, 5.41) is 0.0676. The molecule has 0 heterocycles. The first kappa shape index (κ1) is 21.2. The van der Waals surface area contributed by atoms with Crippen LogP contribution in [0.25, 0.3) is 0 Å². The minimum atomic E-state index is -3.77. The fraction of sp³-hybridized carbons (Fsp3) is 0.143. The Hall–Kier alpha value is -2.48. The van der Waals surface area contributed by atoms with Crippen molar-refractivity contribution in [2.45, 2.75) is 18.9 Å². The number of sulfonamides is 1. The van der Waals surface area contributed by atoms with E-state index in [1.807, 2.05) is 0 Å². The standard InChI is InChI=1S/C21H18ClF2NO3S/c22-20-2-1-3-21(24)19(20)14-29(26,27)25-12-15-6-10-18(11-7-15)28-13-16-4-8-17(23)9-5-16/h1-11,25H,12-14H2. The largest absolute Gasteiger partial charge is 0.489 e. The zero-order valence-corrected chi connectivity index (χ0v) is 16.8. The predicted octanol–water partition coefficient (Wildman–Crippen LogP) is 4.82. The third-order valence-electron chi connectivity index (χ3n) is 4.13. The molecule has 0 saturated carbocycles. The summed E-state index contributed by atoms with van der Waals surface area (Å²) in [4.78, 5) is 0. The average molecular weight is 438 g/mol. The molecule has 8 heteroatoms. The molecule has 29 heavy (non-hydrogen) atoms. The van der Waals surface area contributed by atoms with E-state index in [1.54, 1.807) is 36.4 Å². The van der Waals surface area contributed by atoms with Crippen molar-refractivity contribution in [2.24, 2.45) is 0 Å². The lowest BCUT2D eigenvalue weighted by Gasteiger charge is -2.10. The smallest absolute Gasteiger partial charge is 0.216 e. The van der Waals surface area contributed by atoms with Crippen molar-refractivity contribution in [1.29, 1.82) is 0 Å². The molecule has 1 N–H and O–H groups in total. The number of hydrogen-bond acceptors (Lipinski definition) is 3. The van der Waals surface area contributed by atoms with E-state index in [1.165, 1.54) is 30.3 Å². The van der Waals surface area contributed by atoms with Gasteiger partial charge in [0.2, 0.25) is 10.0 Å². The molecule has 3 rings (SSSR count). The SMILES string of the molecule is O=S(=O)(Cc1c(F)cccc1Cl)NCc1ccc(OCc2ccc(F)cc2)cc1. The summed E-state index contributed by atoms with van der Waals surface area (Å²) < 4.78 is 59.2. The molecule has 0 saturated heterocycles. The van der Waals surface area contributed by atoms with Crippen LogP contribution in [0, 0.1) is 11.6 Å². The molecule has 0 aromatic heterocycles. The topological polar surface area (TPSA) is 55.4 Å². The van der Waals surface area contributed by atoms with Crippen molar-refractivity contribution in [3.8, 4) is 5.75 Å². The molecular formula is C21H18ClF2NO3S. The Balaban J connectivity index is 1.54. The first-order chi connectivity index (χ1) is 13.8. The van der Waals surface area contributed by atoms with Crippen LogP contribution < -0.4 is 9.46 Å². The third kappa shape index (κ3) is 6.25. The van der Waals surface area contributed by atoms with Crippen LogP contribution in [-0.2, 0) is 28.9 Å². The number of rotatable bonds is 8. The maximum Gasteiger partial charge on any atom is 0.216 e. The summed E-state index contributed by atoms with van der Waals surface area (Å²) in [6.07, 6.45) is 0. The van der Waals surface area contributed by atoms with Crippen LogP contribution in [0.4, 0.5) is 8.78 Å². The molecule has 0 unspecified atom stereocenters. The normalized spacial score (nSPS) is 11.4. The Bertz CT molecular complexity index is 1050. The van der Waals surface area contributed by atoms with Gasteiger partial charge in [-0.05, 0) is 47.5 Å². The van der Waals surface area contributed by atoms with Gasteiger partial charge in [0, 0.05) is 17.1 Å². The second-order valence-corrected chi connectivity index (χ2v) is 8.55. The Morgan fingerprint density at radius 2 is 1.55 bits per heavy atom. The Morgan fingerprint density at radius 1 is 0.897 bits per heavy atom. The molecule has 3 aromatic rings. The van der Waals surface area contributed by atoms with Crippen molar-refractivity contribution in [3.63, 3.8) is 0 Å². The third-order valence-corrected chi connectivity index (χ3v) is 5.74. The van der Waals surface area contributed by atoms with Gasteiger partial charge in [-0.15, -0.1) is 0 Å². The molecule has 0 bridgehead atoms. The Morgan fingerprint density at radius 3 is 2.21 bits per heavy atom.